The van der Waals surface area contributed by atoms with Crippen LogP contribution in [0.25, 0.3) is 0 Å². The van der Waals surface area contributed by atoms with Crippen molar-refractivity contribution >= 4 is 23.3 Å². The summed E-state index contributed by atoms with van der Waals surface area (Å²) in [6.07, 6.45) is 4.00. The zero-order chi connectivity index (χ0) is 21.4. The van der Waals surface area contributed by atoms with Crippen molar-refractivity contribution in [2.24, 2.45) is 0 Å². The topological polar surface area (TPSA) is 74.8 Å². The number of para-hydroxylation sites is 1. The first-order valence-corrected chi connectivity index (χ1v) is 11.2. The van der Waals surface area contributed by atoms with E-state index >= 15 is 0 Å². The van der Waals surface area contributed by atoms with E-state index in [-0.39, 0.29) is 17.9 Å². The number of anilines is 2. The van der Waals surface area contributed by atoms with E-state index in [2.05, 4.69) is 22.1 Å². The lowest BCUT2D eigenvalue weighted by Crippen LogP contribution is -2.48. The van der Waals surface area contributed by atoms with Gasteiger partial charge in [-0.05, 0) is 36.6 Å². The molecular weight excluding hydrogens is 392 g/mol. The highest BCUT2D eigenvalue weighted by Crippen LogP contribution is 2.49. The third-order valence-corrected chi connectivity index (χ3v) is 6.91. The minimum absolute atomic E-state index is 0.0169. The smallest absolute Gasteiger partial charge is 0.255 e. The van der Waals surface area contributed by atoms with Crippen LogP contribution in [0.3, 0.4) is 0 Å². The predicted molar refractivity (Wildman–Crippen MR) is 118 cm³/mol. The van der Waals surface area contributed by atoms with Crippen molar-refractivity contribution in [3.63, 3.8) is 0 Å². The van der Waals surface area contributed by atoms with E-state index in [1.807, 2.05) is 41.3 Å². The molecule has 1 aromatic heterocycles. The lowest BCUT2D eigenvalue weighted by Gasteiger charge is -2.34. The summed E-state index contributed by atoms with van der Waals surface area (Å²) in [5.74, 6) is 0.837. The van der Waals surface area contributed by atoms with Crippen molar-refractivity contribution in [3.8, 4) is 0 Å². The van der Waals surface area contributed by atoms with Crippen molar-refractivity contribution < 1.29 is 14.3 Å². The molecule has 1 spiro atoms. The van der Waals surface area contributed by atoms with Crippen molar-refractivity contribution in [3.05, 3.63) is 53.7 Å². The van der Waals surface area contributed by atoms with Crippen LogP contribution in [-0.4, -0.2) is 60.6 Å². The molecule has 7 heteroatoms. The van der Waals surface area contributed by atoms with Gasteiger partial charge in [0.1, 0.15) is 5.82 Å². The molecule has 0 aliphatic carbocycles. The zero-order valence-electron chi connectivity index (χ0n) is 17.8. The molecule has 2 aromatic rings. The number of aromatic nitrogens is 1. The van der Waals surface area contributed by atoms with Crippen LogP contribution in [0.15, 0.2) is 42.6 Å². The quantitative estimate of drug-likeness (QED) is 0.823. The van der Waals surface area contributed by atoms with Gasteiger partial charge >= 0.3 is 0 Å². The van der Waals surface area contributed by atoms with E-state index in [9.17, 15) is 9.59 Å². The number of ether oxygens (including phenoxy) is 1. The fraction of sp³-hybridized carbons (Fsp3) is 0.458. The van der Waals surface area contributed by atoms with Crippen LogP contribution in [0, 0.1) is 0 Å². The summed E-state index contributed by atoms with van der Waals surface area (Å²) in [5, 5.41) is 3.06. The fourth-order valence-corrected chi connectivity index (χ4v) is 5.38. The molecular formula is C24H28N4O3. The number of carbonyl (C=O) groups excluding carboxylic acids is 2. The van der Waals surface area contributed by atoms with Gasteiger partial charge in [-0.25, -0.2) is 4.98 Å². The second-order valence-corrected chi connectivity index (χ2v) is 8.53. The normalized spacial score (nSPS) is 25.1. The van der Waals surface area contributed by atoms with Crippen molar-refractivity contribution in [1.29, 1.82) is 0 Å². The summed E-state index contributed by atoms with van der Waals surface area (Å²) in [5.41, 5.74) is 1.81. The summed E-state index contributed by atoms with van der Waals surface area (Å²) in [6, 6.07) is 11.5. The standard InChI is InChI=1S/C24H28N4O3/c1-2-5-20-24(18-6-3-4-7-19(18)26-23(24)30)10-11-28(20)22(29)17-8-9-21(25-16-17)27-12-14-31-15-13-27/h3-4,6-9,16,20H,2,5,10-15H2,1H3,(H,26,30)/t20-,24+/m0/s1. The molecule has 0 saturated carbocycles. The number of pyridine rings is 1. The number of rotatable bonds is 4. The summed E-state index contributed by atoms with van der Waals surface area (Å²) < 4.78 is 5.40. The van der Waals surface area contributed by atoms with Gasteiger partial charge in [0, 0.05) is 31.5 Å². The number of fused-ring (bicyclic) bond motifs is 2. The van der Waals surface area contributed by atoms with Crippen LogP contribution in [0.2, 0.25) is 0 Å². The lowest BCUT2D eigenvalue weighted by molar-refractivity contribution is -0.121. The monoisotopic (exact) mass is 420 g/mol. The molecule has 1 N–H and O–H groups in total. The Morgan fingerprint density at radius 3 is 2.74 bits per heavy atom. The number of morpholine rings is 1. The summed E-state index contributed by atoms with van der Waals surface area (Å²) in [7, 11) is 0. The van der Waals surface area contributed by atoms with Gasteiger partial charge in [0.25, 0.3) is 5.91 Å². The van der Waals surface area contributed by atoms with E-state index in [1.165, 1.54) is 0 Å². The van der Waals surface area contributed by atoms with Crippen LogP contribution in [0.5, 0.6) is 0 Å². The molecule has 0 radical (unpaired) electrons. The average molecular weight is 421 g/mol. The van der Waals surface area contributed by atoms with Crippen LogP contribution in [-0.2, 0) is 14.9 Å². The molecule has 4 heterocycles. The Hall–Kier alpha value is -2.93. The Labute approximate surface area is 182 Å². The molecule has 3 aliphatic heterocycles. The Morgan fingerprint density at radius 2 is 2.00 bits per heavy atom. The molecule has 162 valence electrons. The second kappa shape index (κ2) is 7.96. The largest absolute Gasteiger partial charge is 0.378 e. The highest BCUT2D eigenvalue weighted by atomic mass is 16.5. The molecule has 2 saturated heterocycles. The number of carbonyl (C=O) groups is 2. The molecule has 5 rings (SSSR count). The first kappa shape index (κ1) is 20.0. The van der Waals surface area contributed by atoms with Gasteiger partial charge in [0.2, 0.25) is 5.91 Å². The van der Waals surface area contributed by atoms with Gasteiger partial charge in [-0.1, -0.05) is 31.5 Å². The lowest BCUT2D eigenvalue weighted by atomic mass is 9.73. The maximum atomic E-state index is 13.5. The van der Waals surface area contributed by atoms with Crippen molar-refractivity contribution in [1.82, 2.24) is 9.88 Å². The molecule has 2 amide bonds. The molecule has 0 bridgehead atoms. The first-order valence-electron chi connectivity index (χ1n) is 11.2. The molecule has 7 nitrogen and oxygen atoms in total. The van der Waals surface area contributed by atoms with Gasteiger partial charge in [-0.3, -0.25) is 9.59 Å². The number of likely N-dealkylation sites (tertiary alicyclic amines) is 1. The van der Waals surface area contributed by atoms with Gasteiger partial charge in [0.05, 0.1) is 30.2 Å². The van der Waals surface area contributed by atoms with Gasteiger partial charge in [-0.2, -0.15) is 0 Å². The van der Waals surface area contributed by atoms with Gasteiger partial charge in [-0.15, -0.1) is 0 Å². The number of benzene rings is 1. The Kier molecular flexibility index (Phi) is 5.14. The number of nitrogens with zero attached hydrogens (tertiary/aromatic N) is 3. The maximum absolute atomic E-state index is 13.5. The minimum atomic E-state index is -0.663. The fourth-order valence-electron chi connectivity index (χ4n) is 5.38. The van der Waals surface area contributed by atoms with Gasteiger partial charge in [0.15, 0.2) is 0 Å². The summed E-state index contributed by atoms with van der Waals surface area (Å²) in [6.45, 7) is 5.67. The van der Waals surface area contributed by atoms with Crippen molar-refractivity contribution in [2.45, 2.75) is 37.6 Å². The highest BCUT2D eigenvalue weighted by molar-refractivity contribution is 6.08. The molecule has 2 atom stereocenters. The minimum Gasteiger partial charge on any atom is -0.378 e. The maximum Gasteiger partial charge on any atom is 0.255 e. The molecule has 1 aromatic carbocycles. The molecule has 3 aliphatic rings. The number of nitrogens with one attached hydrogen (secondary N) is 1. The number of amides is 2. The van der Waals surface area contributed by atoms with E-state index in [4.69, 9.17) is 4.74 Å². The molecule has 31 heavy (non-hydrogen) atoms. The number of hydrogen-bond acceptors (Lipinski definition) is 5. The Morgan fingerprint density at radius 1 is 1.19 bits per heavy atom. The van der Waals surface area contributed by atoms with E-state index in [0.29, 0.717) is 31.7 Å². The van der Waals surface area contributed by atoms with E-state index in [1.54, 1.807) is 6.20 Å². The third kappa shape index (κ3) is 3.19. The van der Waals surface area contributed by atoms with Crippen LogP contribution >= 0.6 is 0 Å². The van der Waals surface area contributed by atoms with E-state index in [0.717, 1.165) is 43.0 Å². The van der Waals surface area contributed by atoms with Crippen LogP contribution in [0.1, 0.15) is 42.1 Å². The third-order valence-electron chi connectivity index (χ3n) is 6.91. The highest BCUT2D eigenvalue weighted by Gasteiger charge is 2.58. The van der Waals surface area contributed by atoms with Crippen LogP contribution in [0.4, 0.5) is 11.5 Å². The SMILES string of the molecule is CCC[C@@H]1N(C(=O)c2ccc(N3CCOCC3)nc2)CC[C@]12C(=O)Nc1ccccc12. The van der Waals surface area contributed by atoms with Crippen LogP contribution < -0.4 is 10.2 Å². The molecule has 0 unspecified atom stereocenters. The first-order chi connectivity index (χ1) is 15.1. The predicted octanol–water partition coefficient (Wildman–Crippen LogP) is 2.82. The zero-order valence-corrected chi connectivity index (χ0v) is 17.8. The van der Waals surface area contributed by atoms with Gasteiger partial charge < -0.3 is 19.9 Å². The van der Waals surface area contributed by atoms with Crippen molar-refractivity contribution in [2.75, 3.05) is 43.1 Å². The number of hydrogen-bond donors (Lipinski definition) is 1. The second-order valence-electron chi connectivity index (χ2n) is 8.53. The van der Waals surface area contributed by atoms with E-state index < -0.39 is 5.41 Å². The average Bonchev–Trinajstić information content (AvgIpc) is 3.33. The summed E-state index contributed by atoms with van der Waals surface area (Å²) >= 11 is 0. The Balaban J connectivity index is 1.42. The summed E-state index contributed by atoms with van der Waals surface area (Å²) in [4.78, 5) is 35.3. The molecule has 2 fully saturated rings. The Bertz CT molecular complexity index is 987.